The molecule has 0 saturated carbocycles. The lowest BCUT2D eigenvalue weighted by Gasteiger charge is -2.27. The van der Waals surface area contributed by atoms with Crippen LogP contribution in [-0.4, -0.2) is 34.8 Å². The maximum atomic E-state index is 12.4. The highest BCUT2D eigenvalue weighted by Crippen LogP contribution is 2.43. The van der Waals surface area contributed by atoms with E-state index in [1.54, 1.807) is 6.92 Å². The van der Waals surface area contributed by atoms with Crippen LogP contribution in [-0.2, 0) is 19.9 Å². The number of sulfone groups is 1. The zero-order chi connectivity index (χ0) is 15.8. The predicted octanol–water partition coefficient (Wildman–Crippen LogP) is 1.74. The monoisotopic (exact) mass is 350 g/mol. The van der Waals surface area contributed by atoms with Gasteiger partial charge in [-0.05, 0) is 32.9 Å². The minimum absolute atomic E-state index is 0.0221. The van der Waals surface area contributed by atoms with Crippen molar-refractivity contribution in [3.8, 4) is 0 Å². The Morgan fingerprint density at radius 3 is 2.76 bits per heavy atom. The molecule has 2 atom stereocenters. The average molecular weight is 350 g/mol. The highest BCUT2D eigenvalue weighted by molar-refractivity contribution is 7.96. The number of nitrogens with one attached hydrogen (secondary N) is 1. The van der Waals surface area contributed by atoms with Crippen molar-refractivity contribution in [3.05, 3.63) is 11.6 Å². The molecule has 0 aromatic carbocycles. The Labute approximate surface area is 129 Å². The van der Waals surface area contributed by atoms with Crippen LogP contribution in [0.1, 0.15) is 38.8 Å². The van der Waals surface area contributed by atoms with E-state index in [1.165, 1.54) is 19.2 Å². The summed E-state index contributed by atoms with van der Waals surface area (Å²) in [7, 11) is -7.28. The molecule has 0 saturated heterocycles. The molecule has 2 rings (SSSR count). The first-order valence-electron chi connectivity index (χ1n) is 6.60. The average Bonchev–Trinajstić information content (AvgIpc) is 2.83. The quantitative estimate of drug-likeness (QED) is 0.835. The summed E-state index contributed by atoms with van der Waals surface area (Å²) < 4.78 is 52.4. The van der Waals surface area contributed by atoms with E-state index >= 15 is 0 Å². The van der Waals surface area contributed by atoms with Crippen LogP contribution in [0.4, 0.5) is 0 Å². The van der Waals surface area contributed by atoms with Crippen molar-refractivity contribution in [1.82, 2.24) is 5.32 Å². The van der Waals surface area contributed by atoms with E-state index in [-0.39, 0.29) is 14.5 Å². The van der Waals surface area contributed by atoms with Crippen LogP contribution in [0.2, 0.25) is 0 Å². The Morgan fingerprint density at radius 2 is 2.19 bits per heavy atom. The van der Waals surface area contributed by atoms with E-state index in [4.69, 9.17) is 0 Å². The molecule has 0 aliphatic carbocycles. The summed E-state index contributed by atoms with van der Waals surface area (Å²) in [6.45, 7) is 5.77. The Morgan fingerprint density at radius 1 is 1.52 bits per heavy atom. The predicted molar refractivity (Wildman–Crippen MR) is 83.4 cm³/mol. The van der Waals surface area contributed by atoms with Crippen molar-refractivity contribution in [2.24, 2.45) is 4.40 Å². The minimum atomic E-state index is -3.81. The SMILES string of the molecule is C/C=N\S(=O)(=O)c1cc2c(s1)S(=O)(=O)[C@@H](C)C[C@@H]2NCC. The first kappa shape index (κ1) is 16.6. The summed E-state index contributed by atoms with van der Waals surface area (Å²) in [5.74, 6) is 0. The fourth-order valence-electron chi connectivity index (χ4n) is 2.36. The van der Waals surface area contributed by atoms with E-state index < -0.39 is 25.1 Å². The van der Waals surface area contributed by atoms with Crippen LogP contribution in [0.15, 0.2) is 18.9 Å². The maximum absolute atomic E-state index is 12.4. The Kier molecular flexibility index (Phi) is 4.57. The zero-order valence-electron chi connectivity index (χ0n) is 12.0. The van der Waals surface area contributed by atoms with Crippen LogP contribution < -0.4 is 5.32 Å². The molecule has 2 heterocycles. The van der Waals surface area contributed by atoms with E-state index in [0.717, 1.165) is 11.3 Å². The Hall–Kier alpha value is -0.770. The molecule has 0 spiro atoms. The van der Waals surface area contributed by atoms with Gasteiger partial charge in [0.1, 0.15) is 8.42 Å². The minimum Gasteiger partial charge on any atom is -0.310 e. The van der Waals surface area contributed by atoms with Crippen LogP contribution >= 0.6 is 11.3 Å². The lowest BCUT2D eigenvalue weighted by atomic mass is 10.1. The topological polar surface area (TPSA) is 92.7 Å². The summed E-state index contributed by atoms with van der Waals surface area (Å²) in [5, 5.41) is 2.68. The van der Waals surface area contributed by atoms with Crippen molar-refractivity contribution < 1.29 is 16.8 Å². The molecule has 1 aromatic heterocycles. The molecule has 21 heavy (non-hydrogen) atoms. The third kappa shape index (κ3) is 2.92. The molecule has 0 radical (unpaired) electrons. The van der Waals surface area contributed by atoms with E-state index in [2.05, 4.69) is 9.71 Å². The third-order valence-electron chi connectivity index (χ3n) is 3.38. The number of sulfonamides is 1. The van der Waals surface area contributed by atoms with Gasteiger partial charge < -0.3 is 5.32 Å². The van der Waals surface area contributed by atoms with Gasteiger partial charge in [0, 0.05) is 17.8 Å². The Balaban J connectivity index is 2.63. The molecular weight excluding hydrogens is 332 g/mol. The van der Waals surface area contributed by atoms with Crippen molar-refractivity contribution in [1.29, 1.82) is 0 Å². The standard InChI is InChI=1S/C12H18N2O4S3/c1-4-13-10-6-8(3)20(15,16)12-9(10)7-11(19-12)21(17,18)14-5-2/h5,7-8,10,13H,4,6H2,1-3H3/b14-5-/t8-,10-/m0/s1. The van der Waals surface area contributed by atoms with Gasteiger partial charge in [0.2, 0.25) is 0 Å². The number of hydrogen-bond acceptors (Lipinski definition) is 6. The van der Waals surface area contributed by atoms with Crippen LogP contribution in [0.25, 0.3) is 0 Å². The molecule has 0 fully saturated rings. The summed E-state index contributed by atoms with van der Waals surface area (Å²) in [5.41, 5.74) is 0.546. The van der Waals surface area contributed by atoms with Gasteiger partial charge in [0.05, 0.1) is 5.25 Å². The summed E-state index contributed by atoms with van der Waals surface area (Å²) in [6.07, 6.45) is 1.63. The normalized spacial score (nSPS) is 25.1. The lowest BCUT2D eigenvalue weighted by Crippen LogP contribution is -2.33. The van der Waals surface area contributed by atoms with Gasteiger partial charge in [0.15, 0.2) is 9.84 Å². The molecule has 118 valence electrons. The van der Waals surface area contributed by atoms with Crippen LogP contribution in [0.5, 0.6) is 0 Å². The van der Waals surface area contributed by atoms with Crippen LogP contribution in [0, 0.1) is 0 Å². The van der Waals surface area contributed by atoms with Crippen LogP contribution in [0.3, 0.4) is 0 Å². The van der Waals surface area contributed by atoms with Gasteiger partial charge in [-0.25, -0.2) is 8.42 Å². The molecule has 6 nitrogen and oxygen atoms in total. The van der Waals surface area contributed by atoms with Gasteiger partial charge in [-0.3, -0.25) is 0 Å². The van der Waals surface area contributed by atoms with Gasteiger partial charge >= 0.3 is 0 Å². The zero-order valence-corrected chi connectivity index (χ0v) is 14.5. The fraction of sp³-hybridized carbons (Fsp3) is 0.583. The lowest BCUT2D eigenvalue weighted by molar-refractivity contribution is 0.477. The number of fused-ring (bicyclic) bond motifs is 1. The van der Waals surface area contributed by atoms with E-state index in [9.17, 15) is 16.8 Å². The van der Waals surface area contributed by atoms with Gasteiger partial charge in [-0.2, -0.15) is 12.8 Å². The molecule has 1 N–H and O–H groups in total. The number of rotatable bonds is 4. The van der Waals surface area contributed by atoms with Crippen molar-refractivity contribution in [2.45, 2.75) is 46.9 Å². The summed E-state index contributed by atoms with van der Waals surface area (Å²) >= 11 is 0.793. The highest BCUT2D eigenvalue weighted by atomic mass is 32.3. The second kappa shape index (κ2) is 5.79. The molecule has 1 aromatic rings. The molecule has 0 bridgehead atoms. The molecule has 1 aliphatic rings. The molecule has 1 aliphatic heterocycles. The van der Waals surface area contributed by atoms with E-state index in [1.807, 2.05) is 6.92 Å². The molecule has 0 amide bonds. The number of thiophene rings is 1. The van der Waals surface area contributed by atoms with Crippen molar-refractivity contribution in [2.75, 3.05) is 6.54 Å². The van der Waals surface area contributed by atoms with Crippen molar-refractivity contribution in [3.63, 3.8) is 0 Å². The molecular formula is C12H18N2O4S3. The number of hydrogen-bond donors (Lipinski definition) is 1. The Bertz CT molecular complexity index is 762. The molecule has 0 unspecified atom stereocenters. The summed E-state index contributed by atoms with van der Waals surface area (Å²) in [4.78, 5) is 0. The first-order valence-corrected chi connectivity index (χ1v) is 10.4. The highest BCUT2D eigenvalue weighted by Gasteiger charge is 2.39. The van der Waals surface area contributed by atoms with Gasteiger partial charge in [-0.1, -0.05) is 6.92 Å². The third-order valence-corrected chi connectivity index (χ3v) is 9.07. The summed E-state index contributed by atoms with van der Waals surface area (Å²) in [6, 6.07) is 1.30. The van der Waals surface area contributed by atoms with Gasteiger partial charge in [-0.15, -0.1) is 11.3 Å². The largest absolute Gasteiger partial charge is 0.310 e. The number of nitrogens with zero attached hydrogens (tertiary/aromatic N) is 1. The second-order valence-corrected chi connectivity index (χ2v) is 10.3. The first-order chi connectivity index (χ1) is 9.74. The second-order valence-electron chi connectivity index (χ2n) is 4.85. The maximum Gasteiger partial charge on any atom is 0.291 e. The van der Waals surface area contributed by atoms with Crippen molar-refractivity contribution >= 4 is 37.4 Å². The molecule has 9 heteroatoms. The fourth-order valence-corrected chi connectivity index (χ4v) is 7.23. The van der Waals surface area contributed by atoms with Gasteiger partial charge in [0.25, 0.3) is 10.0 Å². The smallest absolute Gasteiger partial charge is 0.291 e. The van der Waals surface area contributed by atoms with E-state index in [0.29, 0.717) is 18.5 Å².